The van der Waals surface area contributed by atoms with Crippen LogP contribution in [-0.2, 0) is 0 Å². The Kier molecular flexibility index (Phi) is 3.28. The summed E-state index contributed by atoms with van der Waals surface area (Å²) in [4.78, 5) is 18.0. The van der Waals surface area contributed by atoms with Crippen molar-refractivity contribution in [3.05, 3.63) is 27.9 Å². The summed E-state index contributed by atoms with van der Waals surface area (Å²) in [5.74, 6) is -0.674. The lowest BCUT2D eigenvalue weighted by molar-refractivity contribution is 0.0689. The van der Waals surface area contributed by atoms with Crippen molar-refractivity contribution in [3.63, 3.8) is 0 Å². The zero-order valence-corrected chi connectivity index (χ0v) is 13.6. The number of halogens is 1. The van der Waals surface area contributed by atoms with E-state index in [0.717, 1.165) is 5.39 Å². The highest BCUT2D eigenvalue weighted by Crippen LogP contribution is 2.38. The van der Waals surface area contributed by atoms with E-state index in [9.17, 15) is 15.0 Å². The number of guanidine groups is 1. The van der Waals surface area contributed by atoms with E-state index in [1.165, 1.54) is 6.07 Å². The number of fused-ring (bicyclic) bond motifs is 1. The number of H-pyrrole nitrogens is 1. The standard InChI is InChI=1S/C14H15BrN4O3/c1-18-5-9(19(2)14(18)16)11-6-3-7(15)10(20)4-8(6)17-12(11)13(21)22/h3-4,9,16-17,20H,5H2,1-2H3,(H,21,22). The quantitative estimate of drug-likeness (QED) is 0.652. The third-order valence-electron chi connectivity index (χ3n) is 4.06. The number of aromatic amines is 1. The van der Waals surface area contributed by atoms with Crippen molar-refractivity contribution in [3.8, 4) is 5.75 Å². The Morgan fingerprint density at radius 1 is 1.45 bits per heavy atom. The minimum Gasteiger partial charge on any atom is -0.507 e. The lowest BCUT2D eigenvalue weighted by Crippen LogP contribution is -2.27. The summed E-state index contributed by atoms with van der Waals surface area (Å²) in [6.45, 7) is 0.529. The zero-order valence-electron chi connectivity index (χ0n) is 12.0. The molecule has 0 aliphatic carbocycles. The number of benzene rings is 1. The number of aromatic nitrogens is 1. The molecule has 1 atom stereocenters. The number of nitrogens with zero attached hydrogens (tertiary/aromatic N) is 2. The smallest absolute Gasteiger partial charge is 0.352 e. The highest BCUT2D eigenvalue weighted by atomic mass is 79.9. The number of carboxylic acids is 1. The molecule has 1 aromatic heterocycles. The van der Waals surface area contributed by atoms with Crippen LogP contribution in [0.25, 0.3) is 10.9 Å². The van der Waals surface area contributed by atoms with Gasteiger partial charge in [-0.3, -0.25) is 5.41 Å². The molecule has 2 heterocycles. The summed E-state index contributed by atoms with van der Waals surface area (Å²) in [6, 6.07) is 2.96. The second-order valence-corrected chi connectivity index (χ2v) is 6.25. The largest absolute Gasteiger partial charge is 0.507 e. The van der Waals surface area contributed by atoms with Crippen molar-refractivity contribution in [2.75, 3.05) is 20.6 Å². The van der Waals surface area contributed by atoms with Crippen LogP contribution in [0.15, 0.2) is 16.6 Å². The maximum absolute atomic E-state index is 11.6. The molecule has 0 amide bonds. The molecule has 1 unspecified atom stereocenters. The van der Waals surface area contributed by atoms with Crippen LogP contribution in [0.4, 0.5) is 0 Å². The highest BCUT2D eigenvalue weighted by Gasteiger charge is 2.35. The molecule has 0 spiro atoms. The number of nitrogens with one attached hydrogen (secondary N) is 2. The molecule has 7 nitrogen and oxygen atoms in total. The van der Waals surface area contributed by atoms with Crippen molar-refractivity contribution in [2.45, 2.75) is 6.04 Å². The molecule has 1 saturated heterocycles. The fourth-order valence-electron chi connectivity index (χ4n) is 2.91. The maximum atomic E-state index is 11.6. The van der Waals surface area contributed by atoms with Crippen LogP contribution >= 0.6 is 15.9 Å². The zero-order chi connectivity index (χ0) is 16.2. The second-order valence-electron chi connectivity index (χ2n) is 5.40. The number of hydrogen-bond donors (Lipinski definition) is 4. The summed E-state index contributed by atoms with van der Waals surface area (Å²) in [5.41, 5.74) is 1.27. The Bertz CT molecular complexity index is 801. The number of phenolic OH excluding ortho intramolecular Hbond substituents is 1. The summed E-state index contributed by atoms with van der Waals surface area (Å²) < 4.78 is 0.501. The van der Waals surface area contributed by atoms with Gasteiger partial charge < -0.3 is 25.0 Å². The van der Waals surface area contributed by atoms with Crippen molar-refractivity contribution in [1.82, 2.24) is 14.8 Å². The molecule has 0 saturated carbocycles. The first-order chi connectivity index (χ1) is 10.3. The minimum absolute atomic E-state index is 0.0434. The Morgan fingerprint density at radius 3 is 2.68 bits per heavy atom. The lowest BCUT2D eigenvalue weighted by atomic mass is 10.0. The third-order valence-corrected chi connectivity index (χ3v) is 4.70. The topological polar surface area (TPSA) is 104 Å². The molecule has 116 valence electrons. The van der Waals surface area contributed by atoms with E-state index in [1.807, 2.05) is 0 Å². The Hall–Kier alpha value is -2.22. The van der Waals surface area contributed by atoms with Crippen LogP contribution < -0.4 is 0 Å². The van der Waals surface area contributed by atoms with E-state index in [-0.39, 0.29) is 17.5 Å². The van der Waals surface area contributed by atoms with Gasteiger partial charge in [-0.05, 0) is 22.0 Å². The van der Waals surface area contributed by atoms with Gasteiger partial charge in [-0.1, -0.05) is 0 Å². The molecule has 1 aliphatic heterocycles. The Morgan fingerprint density at radius 2 is 2.14 bits per heavy atom. The number of carboxylic acid groups (broad SMARTS) is 1. The van der Waals surface area contributed by atoms with Gasteiger partial charge in [0.2, 0.25) is 0 Å². The molecule has 22 heavy (non-hydrogen) atoms. The molecule has 3 rings (SSSR count). The molecular formula is C14H15BrN4O3. The van der Waals surface area contributed by atoms with Crippen LogP contribution in [0.3, 0.4) is 0 Å². The molecule has 4 N–H and O–H groups in total. The number of phenols is 1. The molecule has 1 aromatic carbocycles. The van der Waals surface area contributed by atoms with Crippen LogP contribution in [0.2, 0.25) is 0 Å². The molecule has 1 fully saturated rings. The average Bonchev–Trinajstić information content (AvgIpc) is 2.92. The van der Waals surface area contributed by atoms with Gasteiger partial charge in [0, 0.05) is 37.7 Å². The fourth-order valence-corrected chi connectivity index (χ4v) is 3.25. The lowest BCUT2D eigenvalue weighted by Gasteiger charge is -2.20. The van der Waals surface area contributed by atoms with Gasteiger partial charge in [-0.25, -0.2) is 4.79 Å². The fraction of sp³-hybridized carbons (Fsp3) is 0.286. The van der Waals surface area contributed by atoms with Crippen LogP contribution in [0.1, 0.15) is 22.1 Å². The molecule has 0 bridgehead atoms. The van der Waals surface area contributed by atoms with Gasteiger partial charge in [0.15, 0.2) is 5.96 Å². The first-order valence-corrected chi connectivity index (χ1v) is 7.40. The number of carbonyl (C=O) groups is 1. The molecular weight excluding hydrogens is 352 g/mol. The second kappa shape index (κ2) is 4.91. The first-order valence-electron chi connectivity index (χ1n) is 6.61. The van der Waals surface area contributed by atoms with Crippen LogP contribution in [0.5, 0.6) is 5.75 Å². The predicted octanol–water partition coefficient (Wildman–Crippen LogP) is 2.19. The van der Waals surface area contributed by atoms with Gasteiger partial charge in [0.05, 0.1) is 16.0 Å². The van der Waals surface area contributed by atoms with Gasteiger partial charge in [-0.2, -0.15) is 0 Å². The van der Waals surface area contributed by atoms with Crippen molar-refractivity contribution < 1.29 is 15.0 Å². The van der Waals surface area contributed by atoms with Crippen molar-refractivity contribution in [2.24, 2.45) is 0 Å². The predicted molar refractivity (Wildman–Crippen MR) is 85.5 cm³/mol. The number of aromatic carboxylic acids is 1. The van der Waals surface area contributed by atoms with Gasteiger partial charge in [0.25, 0.3) is 0 Å². The monoisotopic (exact) mass is 366 g/mol. The Balaban J connectivity index is 2.27. The normalized spacial score (nSPS) is 18.5. The summed E-state index contributed by atoms with van der Waals surface area (Å²) >= 11 is 3.27. The van der Waals surface area contributed by atoms with E-state index < -0.39 is 5.97 Å². The van der Waals surface area contributed by atoms with E-state index in [2.05, 4.69) is 20.9 Å². The average molecular weight is 367 g/mol. The van der Waals surface area contributed by atoms with Gasteiger partial charge in [0.1, 0.15) is 11.4 Å². The first kappa shape index (κ1) is 14.7. The van der Waals surface area contributed by atoms with E-state index in [1.54, 1.807) is 30.0 Å². The summed E-state index contributed by atoms with van der Waals surface area (Å²) in [5, 5.41) is 28.0. The molecule has 0 radical (unpaired) electrons. The van der Waals surface area contributed by atoms with E-state index in [0.29, 0.717) is 28.1 Å². The number of rotatable bonds is 2. The van der Waals surface area contributed by atoms with Crippen LogP contribution in [-0.4, -0.2) is 57.6 Å². The van der Waals surface area contributed by atoms with Crippen LogP contribution in [0, 0.1) is 5.41 Å². The van der Waals surface area contributed by atoms with Gasteiger partial charge in [-0.15, -0.1) is 0 Å². The number of hydrogen-bond acceptors (Lipinski definition) is 3. The highest BCUT2D eigenvalue weighted by molar-refractivity contribution is 9.10. The SMILES string of the molecule is CN1CC(c2c(C(=O)O)[nH]c3cc(O)c(Br)cc23)N(C)C1=N. The molecule has 8 heteroatoms. The number of likely N-dealkylation sites (N-methyl/N-ethyl adjacent to an activating group) is 2. The van der Waals surface area contributed by atoms with E-state index in [4.69, 9.17) is 5.41 Å². The minimum atomic E-state index is -1.06. The van der Waals surface area contributed by atoms with E-state index >= 15 is 0 Å². The summed E-state index contributed by atoms with van der Waals surface area (Å²) in [7, 11) is 3.58. The third kappa shape index (κ3) is 2.02. The van der Waals surface area contributed by atoms with Crippen molar-refractivity contribution in [1.29, 1.82) is 5.41 Å². The van der Waals surface area contributed by atoms with Crippen molar-refractivity contribution >= 4 is 38.8 Å². The van der Waals surface area contributed by atoms with Gasteiger partial charge >= 0.3 is 5.97 Å². The maximum Gasteiger partial charge on any atom is 0.352 e. The molecule has 2 aromatic rings. The Labute approximate surface area is 134 Å². The summed E-state index contributed by atoms with van der Waals surface area (Å²) in [6.07, 6.45) is 0. The number of aromatic hydroxyl groups is 1. The molecule has 1 aliphatic rings.